The van der Waals surface area contributed by atoms with Gasteiger partial charge in [-0.1, -0.05) is 19.1 Å². The standard InChI is InChI=1S/C15H17FN4/c1-9-12(10-2-4-11(16)5-3-10)6-7-13-14(9)20-15(19-13)18-8-17/h2-5,8-9,12H,6-7H2,1H3,(H3,17,18,19,20). The van der Waals surface area contributed by atoms with Crippen LogP contribution in [0.1, 0.15) is 42.1 Å². The van der Waals surface area contributed by atoms with Gasteiger partial charge in [-0.25, -0.2) is 14.4 Å². The number of aromatic amines is 1. The average Bonchev–Trinajstić information content (AvgIpc) is 2.85. The maximum atomic E-state index is 13.0. The minimum atomic E-state index is -0.197. The molecule has 1 aliphatic rings. The summed E-state index contributed by atoms with van der Waals surface area (Å²) in [4.78, 5) is 11.7. The van der Waals surface area contributed by atoms with Crippen molar-refractivity contribution in [2.75, 3.05) is 0 Å². The van der Waals surface area contributed by atoms with Crippen LogP contribution in [0.4, 0.5) is 10.3 Å². The fourth-order valence-electron chi connectivity index (χ4n) is 3.01. The molecule has 0 amide bonds. The van der Waals surface area contributed by atoms with Crippen molar-refractivity contribution < 1.29 is 4.39 Å². The highest BCUT2D eigenvalue weighted by Crippen LogP contribution is 2.41. The Morgan fingerprint density at radius 2 is 2.15 bits per heavy atom. The molecule has 0 bridgehead atoms. The fraction of sp³-hybridized carbons (Fsp3) is 0.333. The molecular formula is C15H17FN4. The van der Waals surface area contributed by atoms with E-state index in [2.05, 4.69) is 21.9 Å². The van der Waals surface area contributed by atoms with Crippen molar-refractivity contribution in [3.8, 4) is 0 Å². The summed E-state index contributed by atoms with van der Waals surface area (Å²) < 4.78 is 13.0. The third-order valence-electron chi connectivity index (χ3n) is 4.03. The number of rotatable bonds is 2. The van der Waals surface area contributed by atoms with E-state index in [1.165, 1.54) is 18.5 Å². The molecule has 0 spiro atoms. The van der Waals surface area contributed by atoms with Crippen LogP contribution in [0.2, 0.25) is 0 Å². The molecule has 1 heterocycles. The Hall–Kier alpha value is -2.17. The number of benzene rings is 1. The zero-order valence-corrected chi connectivity index (χ0v) is 11.3. The maximum Gasteiger partial charge on any atom is 0.228 e. The Labute approximate surface area is 117 Å². The normalized spacial score (nSPS) is 22.1. The van der Waals surface area contributed by atoms with Crippen molar-refractivity contribution in [2.45, 2.75) is 31.6 Å². The summed E-state index contributed by atoms with van der Waals surface area (Å²) in [6.45, 7) is 2.16. The van der Waals surface area contributed by atoms with Crippen molar-refractivity contribution >= 4 is 12.3 Å². The van der Waals surface area contributed by atoms with Crippen molar-refractivity contribution in [3.05, 3.63) is 47.0 Å². The van der Waals surface area contributed by atoms with Gasteiger partial charge < -0.3 is 10.7 Å². The fourth-order valence-corrected chi connectivity index (χ4v) is 3.01. The van der Waals surface area contributed by atoms with Crippen LogP contribution in [0.5, 0.6) is 0 Å². The second-order valence-corrected chi connectivity index (χ2v) is 5.19. The van der Waals surface area contributed by atoms with Gasteiger partial charge in [0.1, 0.15) is 5.82 Å². The molecule has 3 N–H and O–H groups in total. The Bertz CT molecular complexity index is 630. The van der Waals surface area contributed by atoms with Crippen LogP contribution in [0.25, 0.3) is 0 Å². The van der Waals surface area contributed by atoms with Crippen LogP contribution < -0.4 is 5.73 Å². The van der Waals surface area contributed by atoms with Gasteiger partial charge in [-0.05, 0) is 36.5 Å². The number of H-pyrrole nitrogens is 1. The number of halogens is 1. The smallest absolute Gasteiger partial charge is 0.228 e. The summed E-state index contributed by atoms with van der Waals surface area (Å²) in [6, 6.07) is 6.78. The van der Waals surface area contributed by atoms with E-state index < -0.39 is 0 Å². The zero-order valence-electron chi connectivity index (χ0n) is 11.3. The summed E-state index contributed by atoms with van der Waals surface area (Å²) >= 11 is 0. The van der Waals surface area contributed by atoms with Crippen molar-refractivity contribution in [1.82, 2.24) is 9.97 Å². The molecule has 0 radical (unpaired) electrons. The summed E-state index contributed by atoms with van der Waals surface area (Å²) in [5, 5.41) is 0. The van der Waals surface area contributed by atoms with Crippen LogP contribution in [0.15, 0.2) is 29.3 Å². The van der Waals surface area contributed by atoms with Gasteiger partial charge >= 0.3 is 0 Å². The largest absolute Gasteiger partial charge is 0.390 e. The van der Waals surface area contributed by atoms with Crippen molar-refractivity contribution in [2.24, 2.45) is 10.7 Å². The number of nitrogens with two attached hydrogens (primary N) is 1. The first-order valence-electron chi connectivity index (χ1n) is 6.77. The predicted molar refractivity (Wildman–Crippen MR) is 76.8 cm³/mol. The molecule has 0 fully saturated rings. The quantitative estimate of drug-likeness (QED) is 0.652. The predicted octanol–water partition coefficient (Wildman–Crippen LogP) is 3.00. The van der Waals surface area contributed by atoms with Gasteiger partial charge in [-0.15, -0.1) is 0 Å². The maximum absolute atomic E-state index is 13.0. The molecule has 1 aromatic heterocycles. The molecule has 0 aliphatic heterocycles. The lowest BCUT2D eigenvalue weighted by Gasteiger charge is -2.28. The van der Waals surface area contributed by atoms with Crippen LogP contribution >= 0.6 is 0 Å². The Kier molecular flexibility index (Phi) is 3.26. The van der Waals surface area contributed by atoms with E-state index >= 15 is 0 Å². The Morgan fingerprint density at radius 3 is 2.85 bits per heavy atom. The molecule has 20 heavy (non-hydrogen) atoms. The van der Waals surface area contributed by atoms with Gasteiger partial charge in [-0.3, -0.25) is 0 Å². The number of hydrogen-bond acceptors (Lipinski definition) is 2. The molecule has 0 saturated carbocycles. The molecule has 2 unspecified atom stereocenters. The lowest BCUT2D eigenvalue weighted by atomic mass is 9.77. The number of hydrogen-bond donors (Lipinski definition) is 2. The minimum Gasteiger partial charge on any atom is -0.390 e. The number of aliphatic imine (C=N–C) groups is 1. The van der Waals surface area contributed by atoms with E-state index in [1.807, 2.05) is 12.1 Å². The molecule has 1 aliphatic carbocycles. The average molecular weight is 272 g/mol. The van der Waals surface area contributed by atoms with Crippen molar-refractivity contribution in [1.29, 1.82) is 0 Å². The molecule has 2 aromatic rings. The topological polar surface area (TPSA) is 67.1 Å². The highest BCUT2D eigenvalue weighted by Gasteiger charge is 2.30. The van der Waals surface area contributed by atoms with E-state index in [9.17, 15) is 4.39 Å². The highest BCUT2D eigenvalue weighted by atomic mass is 19.1. The molecule has 4 nitrogen and oxygen atoms in total. The van der Waals surface area contributed by atoms with Gasteiger partial charge in [0.2, 0.25) is 5.95 Å². The second kappa shape index (κ2) is 5.07. The first-order valence-corrected chi connectivity index (χ1v) is 6.77. The summed E-state index contributed by atoms with van der Waals surface area (Å²) in [6.07, 6.45) is 3.19. The molecule has 2 atom stereocenters. The summed E-state index contributed by atoms with van der Waals surface area (Å²) in [5.74, 6) is 1.00. The van der Waals surface area contributed by atoms with Crippen LogP contribution in [0, 0.1) is 5.82 Å². The summed E-state index contributed by atoms with van der Waals surface area (Å²) in [7, 11) is 0. The molecule has 3 rings (SSSR count). The van der Waals surface area contributed by atoms with E-state index in [1.54, 1.807) is 0 Å². The lowest BCUT2D eigenvalue weighted by molar-refractivity contribution is 0.489. The molecule has 104 valence electrons. The van der Waals surface area contributed by atoms with Gasteiger partial charge in [0.15, 0.2) is 0 Å². The third-order valence-corrected chi connectivity index (χ3v) is 4.03. The summed E-state index contributed by atoms with van der Waals surface area (Å²) in [5.41, 5.74) is 8.64. The minimum absolute atomic E-state index is 0.197. The first kappa shape index (κ1) is 12.8. The number of nitrogens with zero attached hydrogens (tertiary/aromatic N) is 2. The number of nitrogens with one attached hydrogen (secondary N) is 1. The molecule has 1 aromatic carbocycles. The molecule has 0 saturated heterocycles. The SMILES string of the molecule is CC1c2nc(/N=C/N)[nH]c2CCC1c1ccc(F)cc1. The number of fused-ring (bicyclic) bond motifs is 1. The number of imidazole rings is 1. The third kappa shape index (κ3) is 2.19. The Morgan fingerprint density at radius 1 is 1.40 bits per heavy atom. The second-order valence-electron chi connectivity index (χ2n) is 5.19. The van der Waals surface area contributed by atoms with Crippen LogP contribution in [0.3, 0.4) is 0 Å². The van der Waals surface area contributed by atoms with E-state index in [4.69, 9.17) is 5.73 Å². The molecular weight excluding hydrogens is 255 g/mol. The van der Waals surface area contributed by atoms with Gasteiger partial charge in [0.05, 0.1) is 12.0 Å². The monoisotopic (exact) mass is 272 g/mol. The zero-order chi connectivity index (χ0) is 14.1. The number of aryl methyl sites for hydroxylation is 1. The van der Waals surface area contributed by atoms with Crippen LogP contribution in [-0.2, 0) is 6.42 Å². The lowest BCUT2D eigenvalue weighted by Crippen LogP contribution is -2.17. The van der Waals surface area contributed by atoms with E-state index in [0.29, 0.717) is 11.9 Å². The first-order chi connectivity index (χ1) is 9.69. The van der Waals surface area contributed by atoms with Crippen molar-refractivity contribution in [3.63, 3.8) is 0 Å². The van der Waals surface area contributed by atoms with Gasteiger partial charge in [0.25, 0.3) is 0 Å². The van der Waals surface area contributed by atoms with Gasteiger partial charge in [-0.2, -0.15) is 0 Å². The van der Waals surface area contributed by atoms with E-state index in [-0.39, 0.29) is 11.7 Å². The van der Waals surface area contributed by atoms with E-state index in [0.717, 1.165) is 29.8 Å². The molecule has 5 heteroatoms. The number of aromatic nitrogens is 2. The highest BCUT2D eigenvalue weighted by molar-refractivity contribution is 5.56. The Balaban J connectivity index is 1.91. The van der Waals surface area contributed by atoms with Gasteiger partial charge in [0, 0.05) is 11.6 Å². The van der Waals surface area contributed by atoms with Crippen LogP contribution in [-0.4, -0.2) is 16.3 Å².